The number of nitriles is 1. The van der Waals surface area contributed by atoms with Crippen LogP contribution in [-0.2, 0) is 0 Å². The molecule has 0 bridgehead atoms. The van der Waals surface area contributed by atoms with Gasteiger partial charge in [-0.15, -0.1) is 0 Å². The van der Waals surface area contributed by atoms with Crippen molar-refractivity contribution in [3.05, 3.63) is 34.9 Å². The summed E-state index contributed by atoms with van der Waals surface area (Å²) in [4.78, 5) is 11.4. The van der Waals surface area contributed by atoms with Crippen LogP contribution in [0, 0.1) is 17.2 Å². The van der Waals surface area contributed by atoms with Crippen LogP contribution in [0.5, 0.6) is 0 Å². The molecule has 1 aromatic carbocycles. The van der Waals surface area contributed by atoms with Gasteiger partial charge >= 0.3 is 0 Å². The SMILES string of the molecule is C[C@H](C#N)C(=O)c1cccc(Cl)c1. The highest BCUT2D eigenvalue weighted by Crippen LogP contribution is 2.14. The van der Waals surface area contributed by atoms with Gasteiger partial charge in [0.05, 0.1) is 6.07 Å². The van der Waals surface area contributed by atoms with Crippen molar-refractivity contribution in [2.75, 3.05) is 0 Å². The zero-order chi connectivity index (χ0) is 9.84. The highest BCUT2D eigenvalue weighted by Gasteiger charge is 2.13. The van der Waals surface area contributed by atoms with E-state index in [2.05, 4.69) is 0 Å². The Bertz CT molecular complexity index is 367. The lowest BCUT2D eigenvalue weighted by atomic mass is 10.0. The number of benzene rings is 1. The highest BCUT2D eigenvalue weighted by atomic mass is 35.5. The van der Waals surface area contributed by atoms with Crippen LogP contribution in [0.15, 0.2) is 24.3 Å². The second-order valence-corrected chi connectivity index (χ2v) is 3.16. The summed E-state index contributed by atoms with van der Waals surface area (Å²) in [5.74, 6) is -0.802. The zero-order valence-corrected chi connectivity index (χ0v) is 7.88. The van der Waals surface area contributed by atoms with E-state index in [1.807, 2.05) is 6.07 Å². The number of hydrogen-bond donors (Lipinski definition) is 0. The maximum Gasteiger partial charge on any atom is 0.179 e. The van der Waals surface area contributed by atoms with Gasteiger partial charge in [-0.05, 0) is 19.1 Å². The summed E-state index contributed by atoms with van der Waals surface area (Å²) < 4.78 is 0. The zero-order valence-electron chi connectivity index (χ0n) is 7.12. The van der Waals surface area contributed by atoms with Crippen molar-refractivity contribution in [1.29, 1.82) is 5.26 Å². The molecular formula is C10H8ClNO. The van der Waals surface area contributed by atoms with Crippen molar-refractivity contribution < 1.29 is 4.79 Å². The molecule has 0 unspecified atom stereocenters. The van der Waals surface area contributed by atoms with Crippen LogP contribution >= 0.6 is 11.6 Å². The second-order valence-electron chi connectivity index (χ2n) is 2.73. The number of halogens is 1. The second kappa shape index (κ2) is 4.06. The van der Waals surface area contributed by atoms with Gasteiger partial charge in [-0.25, -0.2) is 0 Å². The Morgan fingerprint density at radius 1 is 1.62 bits per heavy atom. The summed E-state index contributed by atoms with van der Waals surface area (Å²) in [6, 6.07) is 8.50. The van der Waals surface area contributed by atoms with E-state index in [1.54, 1.807) is 31.2 Å². The smallest absolute Gasteiger partial charge is 0.179 e. The van der Waals surface area contributed by atoms with Crippen LogP contribution in [0.2, 0.25) is 5.02 Å². The maximum atomic E-state index is 11.4. The molecule has 2 nitrogen and oxygen atoms in total. The Labute approximate surface area is 81.7 Å². The highest BCUT2D eigenvalue weighted by molar-refractivity contribution is 6.31. The van der Waals surface area contributed by atoms with Crippen LogP contribution in [-0.4, -0.2) is 5.78 Å². The molecule has 0 amide bonds. The third-order valence-electron chi connectivity index (χ3n) is 1.70. The predicted octanol–water partition coefficient (Wildman–Crippen LogP) is 2.68. The minimum Gasteiger partial charge on any atom is -0.293 e. The fourth-order valence-electron chi connectivity index (χ4n) is 0.950. The number of hydrogen-bond acceptors (Lipinski definition) is 2. The van der Waals surface area contributed by atoms with E-state index >= 15 is 0 Å². The lowest BCUT2D eigenvalue weighted by Crippen LogP contribution is -2.08. The summed E-state index contributed by atoms with van der Waals surface area (Å²) in [6.45, 7) is 1.57. The number of rotatable bonds is 2. The Morgan fingerprint density at radius 3 is 2.85 bits per heavy atom. The number of ketones is 1. The first-order valence-electron chi connectivity index (χ1n) is 3.84. The number of carbonyl (C=O) groups is 1. The average Bonchev–Trinajstić information content (AvgIpc) is 2.15. The maximum absolute atomic E-state index is 11.4. The average molecular weight is 194 g/mol. The first-order chi connectivity index (χ1) is 6.15. The molecule has 0 radical (unpaired) electrons. The van der Waals surface area contributed by atoms with Crippen LogP contribution in [0.1, 0.15) is 17.3 Å². The van der Waals surface area contributed by atoms with Gasteiger partial charge in [0, 0.05) is 10.6 Å². The molecule has 0 saturated carbocycles. The largest absolute Gasteiger partial charge is 0.293 e. The van der Waals surface area contributed by atoms with Gasteiger partial charge in [-0.2, -0.15) is 5.26 Å². The molecule has 1 atom stereocenters. The van der Waals surface area contributed by atoms with Crippen LogP contribution in [0.4, 0.5) is 0 Å². The summed E-state index contributed by atoms with van der Waals surface area (Å²) in [7, 11) is 0. The quantitative estimate of drug-likeness (QED) is 0.678. The minimum absolute atomic E-state index is 0.190. The van der Waals surface area contributed by atoms with E-state index in [4.69, 9.17) is 16.9 Å². The van der Waals surface area contributed by atoms with Gasteiger partial charge in [-0.1, -0.05) is 23.7 Å². The molecule has 0 saturated heterocycles. The van der Waals surface area contributed by atoms with Gasteiger partial charge in [0.1, 0.15) is 5.92 Å². The Morgan fingerprint density at radius 2 is 2.31 bits per heavy atom. The molecular weight excluding hydrogens is 186 g/mol. The number of carbonyl (C=O) groups excluding carboxylic acids is 1. The normalized spacial score (nSPS) is 11.8. The Hall–Kier alpha value is -1.33. The van der Waals surface area contributed by atoms with Crippen LogP contribution in [0.25, 0.3) is 0 Å². The summed E-state index contributed by atoms with van der Waals surface area (Å²) in [6.07, 6.45) is 0. The van der Waals surface area contributed by atoms with Gasteiger partial charge < -0.3 is 0 Å². The summed E-state index contributed by atoms with van der Waals surface area (Å²) >= 11 is 5.70. The molecule has 0 spiro atoms. The van der Waals surface area contributed by atoms with E-state index < -0.39 is 5.92 Å². The van der Waals surface area contributed by atoms with Crippen molar-refractivity contribution in [2.45, 2.75) is 6.92 Å². The molecule has 0 heterocycles. The van der Waals surface area contributed by atoms with Crippen molar-refractivity contribution in [2.24, 2.45) is 5.92 Å². The molecule has 1 aromatic rings. The Balaban J connectivity index is 2.97. The fourth-order valence-corrected chi connectivity index (χ4v) is 1.14. The van der Waals surface area contributed by atoms with Crippen LogP contribution in [0.3, 0.4) is 0 Å². The predicted molar refractivity (Wildman–Crippen MR) is 50.6 cm³/mol. The molecule has 13 heavy (non-hydrogen) atoms. The standard InChI is InChI=1S/C10H8ClNO/c1-7(6-12)10(13)8-3-2-4-9(11)5-8/h2-5,7H,1H3/t7-/m1/s1. The lowest BCUT2D eigenvalue weighted by molar-refractivity contribution is 0.0956. The minimum atomic E-state index is -0.613. The van der Waals surface area contributed by atoms with E-state index in [0.717, 1.165) is 0 Å². The monoisotopic (exact) mass is 193 g/mol. The Kier molecular flexibility index (Phi) is 3.05. The van der Waals surface area contributed by atoms with Gasteiger partial charge in [-0.3, -0.25) is 4.79 Å². The van der Waals surface area contributed by atoms with E-state index in [1.165, 1.54) is 0 Å². The van der Waals surface area contributed by atoms with Gasteiger partial charge in [0.2, 0.25) is 0 Å². The molecule has 66 valence electrons. The number of nitrogens with zero attached hydrogens (tertiary/aromatic N) is 1. The molecule has 0 aliphatic carbocycles. The van der Waals surface area contributed by atoms with E-state index in [9.17, 15) is 4.79 Å². The molecule has 0 aliphatic rings. The van der Waals surface area contributed by atoms with Crippen molar-refractivity contribution in [1.82, 2.24) is 0 Å². The fraction of sp³-hybridized carbons (Fsp3) is 0.200. The van der Waals surface area contributed by atoms with Gasteiger partial charge in [0.15, 0.2) is 5.78 Å². The number of Topliss-reactive ketones (excluding diaryl/α,β-unsaturated/α-hetero) is 1. The molecule has 0 N–H and O–H groups in total. The van der Waals surface area contributed by atoms with Crippen molar-refractivity contribution >= 4 is 17.4 Å². The third kappa shape index (κ3) is 2.30. The third-order valence-corrected chi connectivity index (χ3v) is 1.93. The van der Waals surface area contributed by atoms with Crippen molar-refractivity contribution in [3.8, 4) is 6.07 Å². The molecule has 0 fully saturated rings. The molecule has 0 aliphatic heterocycles. The molecule has 3 heteroatoms. The summed E-state index contributed by atoms with van der Waals surface area (Å²) in [5, 5.41) is 9.04. The topological polar surface area (TPSA) is 40.9 Å². The van der Waals surface area contributed by atoms with Crippen LogP contribution < -0.4 is 0 Å². The molecule has 1 rings (SSSR count). The van der Waals surface area contributed by atoms with Crippen molar-refractivity contribution in [3.63, 3.8) is 0 Å². The molecule has 0 aromatic heterocycles. The van der Waals surface area contributed by atoms with Gasteiger partial charge in [0.25, 0.3) is 0 Å². The lowest BCUT2D eigenvalue weighted by Gasteiger charge is -2.01. The first-order valence-corrected chi connectivity index (χ1v) is 4.22. The first kappa shape index (κ1) is 9.76. The van der Waals surface area contributed by atoms with E-state index in [0.29, 0.717) is 10.6 Å². The summed E-state index contributed by atoms with van der Waals surface area (Å²) in [5.41, 5.74) is 0.488. The van der Waals surface area contributed by atoms with E-state index in [-0.39, 0.29) is 5.78 Å².